The summed E-state index contributed by atoms with van der Waals surface area (Å²) in [6.07, 6.45) is 6.55. The SMILES string of the molecule is CCC[C@H](NC(=O)[C@@H]1C[C@@H]2CCCC[C@@H]2N1C(=O)[C@@H](NC(=O)CNC(=O)c1cc(C(C)(C)C)n[nH]1)C(C)(C)C)C(=O)C(=O)NC1CC1. The highest BCUT2D eigenvalue weighted by molar-refractivity contribution is 6.38. The Morgan fingerprint density at radius 2 is 1.66 bits per heavy atom. The van der Waals surface area contributed by atoms with Gasteiger partial charge >= 0.3 is 0 Å². The van der Waals surface area contributed by atoms with Gasteiger partial charge in [0, 0.05) is 17.5 Å². The second-order valence-corrected chi connectivity index (χ2v) is 15.5. The van der Waals surface area contributed by atoms with Gasteiger partial charge in [-0.3, -0.25) is 33.9 Å². The number of nitrogens with one attached hydrogen (secondary N) is 5. The van der Waals surface area contributed by atoms with Crippen LogP contribution in [-0.2, 0) is 29.4 Å². The first-order valence-corrected chi connectivity index (χ1v) is 17.1. The van der Waals surface area contributed by atoms with E-state index in [2.05, 4.69) is 31.5 Å². The molecule has 1 aromatic rings. The third-order valence-electron chi connectivity index (χ3n) is 9.41. The molecule has 3 fully saturated rings. The number of aromatic amines is 1. The van der Waals surface area contributed by atoms with Crippen molar-refractivity contribution in [2.45, 2.75) is 142 Å². The third kappa shape index (κ3) is 8.98. The number of carbonyl (C=O) groups excluding carboxylic acids is 6. The molecule has 1 aromatic heterocycles. The van der Waals surface area contributed by atoms with E-state index >= 15 is 0 Å². The molecule has 0 unspecified atom stereocenters. The number of Topliss-reactive ketones (excluding diaryl/α,β-unsaturated/α-hetero) is 1. The number of fused-ring (bicyclic) bond motifs is 1. The van der Waals surface area contributed by atoms with Gasteiger partial charge < -0.3 is 26.2 Å². The highest BCUT2D eigenvalue weighted by Crippen LogP contribution is 2.41. The van der Waals surface area contributed by atoms with Crippen LogP contribution in [0.1, 0.15) is 122 Å². The van der Waals surface area contributed by atoms with Crippen LogP contribution >= 0.6 is 0 Å². The summed E-state index contributed by atoms with van der Waals surface area (Å²) in [7, 11) is 0. The predicted octanol–water partition coefficient (Wildman–Crippen LogP) is 2.26. The largest absolute Gasteiger partial charge is 0.347 e. The van der Waals surface area contributed by atoms with Crippen molar-refractivity contribution in [1.29, 1.82) is 0 Å². The molecule has 47 heavy (non-hydrogen) atoms. The van der Waals surface area contributed by atoms with E-state index < -0.39 is 53.0 Å². The first-order chi connectivity index (χ1) is 22.0. The molecule has 2 saturated carbocycles. The van der Waals surface area contributed by atoms with Crippen molar-refractivity contribution in [3.63, 3.8) is 0 Å². The summed E-state index contributed by atoms with van der Waals surface area (Å²) in [4.78, 5) is 81.5. The molecule has 1 aliphatic heterocycles. The van der Waals surface area contributed by atoms with Crippen LogP contribution in [0.2, 0.25) is 0 Å². The van der Waals surface area contributed by atoms with Crippen molar-refractivity contribution in [2.75, 3.05) is 6.54 Å². The molecule has 1 saturated heterocycles. The van der Waals surface area contributed by atoms with E-state index in [0.29, 0.717) is 25.0 Å². The van der Waals surface area contributed by atoms with E-state index in [0.717, 1.165) is 38.5 Å². The molecule has 0 radical (unpaired) electrons. The van der Waals surface area contributed by atoms with Gasteiger partial charge in [-0.25, -0.2) is 0 Å². The molecule has 260 valence electrons. The second-order valence-electron chi connectivity index (χ2n) is 15.5. The number of nitrogens with zero attached hydrogens (tertiary/aromatic N) is 2. The van der Waals surface area contributed by atoms with Crippen LogP contribution in [0.3, 0.4) is 0 Å². The molecule has 5 N–H and O–H groups in total. The number of likely N-dealkylation sites (tertiary alicyclic amines) is 1. The molecule has 2 heterocycles. The number of amides is 5. The molecule has 13 nitrogen and oxygen atoms in total. The third-order valence-corrected chi connectivity index (χ3v) is 9.41. The number of ketones is 1. The minimum absolute atomic E-state index is 0.0140. The molecule has 3 aliphatic rings. The van der Waals surface area contributed by atoms with Gasteiger partial charge in [0.15, 0.2) is 0 Å². The summed E-state index contributed by atoms with van der Waals surface area (Å²) >= 11 is 0. The Bertz CT molecular complexity index is 1360. The van der Waals surface area contributed by atoms with Crippen LogP contribution in [0.15, 0.2) is 6.07 Å². The minimum atomic E-state index is -0.986. The van der Waals surface area contributed by atoms with Gasteiger partial charge in [-0.1, -0.05) is 67.7 Å². The first-order valence-electron chi connectivity index (χ1n) is 17.1. The topological polar surface area (TPSA) is 182 Å². The standard InChI is InChI=1S/C34H53N7O6/c1-8-11-21(27(43)31(46)36-20-14-15-20)37-30(45)24-16-19-12-9-10-13-23(19)41(24)32(47)28(34(5,6)7)38-26(42)18-35-29(44)22-17-25(40-39-22)33(2,3)4/h17,19-21,23-24,28H,8-16,18H2,1-7H3,(H,35,44)(H,36,46)(H,37,45)(H,38,42)(H,39,40)/t19-,21-,23-,24-,28+/m0/s1. The Kier molecular flexibility index (Phi) is 11.2. The van der Waals surface area contributed by atoms with Crippen LogP contribution in [0.5, 0.6) is 0 Å². The number of aromatic nitrogens is 2. The average molecular weight is 656 g/mol. The van der Waals surface area contributed by atoms with E-state index in [9.17, 15) is 28.8 Å². The number of hydrogen-bond donors (Lipinski definition) is 5. The maximum absolute atomic E-state index is 14.4. The zero-order valence-electron chi connectivity index (χ0n) is 29.0. The highest BCUT2D eigenvalue weighted by Gasteiger charge is 2.51. The van der Waals surface area contributed by atoms with Crippen molar-refractivity contribution in [3.05, 3.63) is 17.5 Å². The molecular weight excluding hydrogens is 602 g/mol. The minimum Gasteiger partial charge on any atom is -0.347 e. The Morgan fingerprint density at radius 1 is 0.979 bits per heavy atom. The first kappa shape index (κ1) is 36.1. The van der Waals surface area contributed by atoms with Gasteiger partial charge in [-0.15, -0.1) is 0 Å². The van der Waals surface area contributed by atoms with Gasteiger partial charge in [0.2, 0.25) is 23.5 Å². The van der Waals surface area contributed by atoms with Crippen molar-refractivity contribution >= 4 is 35.3 Å². The summed E-state index contributed by atoms with van der Waals surface area (Å²) in [5.41, 5.74) is -0.0456. The van der Waals surface area contributed by atoms with Crippen molar-refractivity contribution in [1.82, 2.24) is 36.4 Å². The van der Waals surface area contributed by atoms with Crippen LogP contribution < -0.4 is 21.3 Å². The summed E-state index contributed by atoms with van der Waals surface area (Å²) in [6, 6.07) is -1.33. The summed E-state index contributed by atoms with van der Waals surface area (Å²) in [5.74, 6) is -3.12. The normalized spacial score (nSPS) is 22.4. The van der Waals surface area contributed by atoms with Crippen LogP contribution in [-0.4, -0.2) is 87.2 Å². The number of carbonyl (C=O) groups is 6. The van der Waals surface area contributed by atoms with Gasteiger partial charge in [0.25, 0.3) is 11.8 Å². The van der Waals surface area contributed by atoms with E-state index in [1.165, 1.54) is 0 Å². The van der Waals surface area contributed by atoms with Gasteiger partial charge in [0.05, 0.1) is 18.3 Å². The van der Waals surface area contributed by atoms with Crippen LogP contribution in [0, 0.1) is 11.3 Å². The maximum Gasteiger partial charge on any atom is 0.289 e. The summed E-state index contributed by atoms with van der Waals surface area (Å²) in [6.45, 7) is 13.0. The lowest BCUT2D eigenvalue weighted by Crippen LogP contribution is -2.61. The smallest absolute Gasteiger partial charge is 0.289 e. The maximum atomic E-state index is 14.4. The van der Waals surface area contributed by atoms with Gasteiger partial charge in [-0.05, 0) is 55.9 Å². The van der Waals surface area contributed by atoms with E-state index in [-0.39, 0.29) is 41.6 Å². The highest BCUT2D eigenvalue weighted by atomic mass is 16.2. The molecular formula is C34H53N7O6. The lowest BCUT2D eigenvalue weighted by molar-refractivity contribution is -0.147. The molecule has 0 aromatic carbocycles. The van der Waals surface area contributed by atoms with Crippen LogP contribution in [0.4, 0.5) is 0 Å². The van der Waals surface area contributed by atoms with Crippen molar-refractivity contribution < 1.29 is 28.8 Å². The van der Waals surface area contributed by atoms with Gasteiger partial charge in [-0.2, -0.15) is 5.10 Å². The number of rotatable bonds is 12. The molecule has 0 bridgehead atoms. The Hall–Kier alpha value is -3.77. The van der Waals surface area contributed by atoms with E-state index in [1.54, 1.807) is 11.0 Å². The van der Waals surface area contributed by atoms with Gasteiger partial charge in [0.1, 0.15) is 17.8 Å². The average Bonchev–Trinajstić information content (AvgIpc) is 3.50. The second kappa shape index (κ2) is 14.6. The van der Waals surface area contributed by atoms with E-state index in [1.807, 2.05) is 48.5 Å². The fourth-order valence-corrected chi connectivity index (χ4v) is 6.57. The quantitative estimate of drug-likeness (QED) is 0.214. The Labute approximate surface area is 277 Å². The molecule has 0 spiro atoms. The zero-order chi connectivity index (χ0) is 34.7. The lowest BCUT2D eigenvalue weighted by atomic mass is 9.83. The molecule has 4 rings (SSSR count). The fraction of sp³-hybridized carbons (Fsp3) is 0.735. The number of hydrogen-bond acceptors (Lipinski definition) is 7. The zero-order valence-corrected chi connectivity index (χ0v) is 29.0. The monoisotopic (exact) mass is 655 g/mol. The lowest BCUT2D eigenvalue weighted by Gasteiger charge is -2.39. The number of H-pyrrole nitrogens is 1. The molecule has 2 aliphatic carbocycles. The summed E-state index contributed by atoms with van der Waals surface area (Å²) < 4.78 is 0. The Morgan fingerprint density at radius 3 is 2.26 bits per heavy atom. The van der Waals surface area contributed by atoms with Crippen molar-refractivity contribution in [3.8, 4) is 0 Å². The van der Waals surface area contributed by atoms with E-state index in [4.69, 9.17) is 0 Å². The summed E-state index contributed by atoms with van der Waals surface area (Å²) in [5, 5.41) is 17.9. The predicted molar refractivity (Wildman–Crippen MR) is 175 cm³/mol. The van der Waals surface area contributed by atoms with Crippen LogP contribution in [0.25, 0.3) is 0 Å². The Balaban J connectivity index is 1.48. The fourth-order valence-electron chi connectivity index (χ4n) is 6.57. The molecule has 5 amide bonds. The molecule has 5 atom stereocenters. The van der Waals surface area contributed by atoms with Crippen molar-refractivity contribution in [2.24, 2.45) is 11.3 Å². The molecule has 13 heteroatoms.